The molecule has 0 radical (unpaired) electrons. The van der Waals surface area contributed by atoms with Gasteiger partial charge in [-0.2, -0.15) is 13.2 Å². The van der Waals surface area contributed by atoms with Crippen LogP contribution in [0.2, 0.25) is 0 Å². The zero-order valence-corrected chi connectivity index (χ0v) is 12.7. The Morgan fingerprint density at radius 3 is 2.75 bits per heavy atom. The molecule has 20 heavy (non-hydrogen) atoms. The maximum Gasteiger partial charge on any atom is 0.417 e. The summed E-state index contributed by atoms with van der Waals surface area (Å²) < 4.78 is 38.4. The molecule has 0 aromatic heterocycles. The van der Waals surface area contributed by atoms with Crippen molar-refractivity contribution in [1.29, 1.82) is 0 Å². The van der Waals surface area contributed by atoms with Gasteiger partial charge in [0.2, 0.25) is 0 Å². The van der Waals surface area contributed by atoms with E-state index in [4.69, 9.17) is 11.6 Å². The highest BCUT2D eigenvalue weighted by Crippen LogP contribution is 2.35. The molecule has 1 atom stereocenters. The smallest absolute Gasteiger partial charge is 0.334 e. The Kier molecular flexibility index (Phi) is 4.64. The lowest BCUT2D eigenvalue weighted by Crippen LogP contribution is -2.36. The third-order valence-electron chi connectivity index (χ3n) is 3.33. The van der Waals surface area contributed by atoms with Crippen molar-refractivity contribution in [3.8, 4) is 0 Å². The highest BCUT2D eigenvalue weighted by molar-refractivity contribution is 9.10. The van der Waals surface area contributed by atoms with Gasteiger partial charge in [0.25, 0.3) is 5.91 Å². The lowest BCUT2D eigenvalue weighted by Gasteiger charge is -2.23. The second-order valence-electron chi connectivity index (χ2n) is 4.64. The van der Waals surface area contributed by atoms with Gasteiger partial charge >= 0.3 is 6.18 Å². The second kappa shape index (κ2) is 5.93. The van der Waals surface area contributed by atoms with Gasteiger partial charge in [-0.3, -0.25) is 4.79 Å². The Balaban J connectivity index is 2.31. The highest BCUT2D eigenvalue weighted by atomic mass is 79.9. The molecule has 7 heteroatoms. The summed E-state index contributed by atoms with van der Waals surface area (Å²) in [7, 11) is 0. The zero-order chi connectivity index (χ0) is 14.9. The van der Waals surface area contributed by atoms with Crippen LogP contribution >= 0.6 is 27.5 Å². The molecular weight excluding hydrogens is 358 g/mol. The molecule has 1 aromatic carbocycles. The number of hydrogen-bond donors (Lipinski definition) is 0. The third-order valence-corrected chi connectivity index (χ3v) is 4.38. The molecule has 0 bridgehead atoms. The van der Waals surface area contributed by atoms with Crippen molar-refractivity contribution >= 4 is 33.4 Å². The monoisotopic (exact) mass is 369 g/mol. The molecular formula is C13H12BrClF3NO. The maximum absolute atomic E-state index is 12.8. The summed E-state index contributed by atoms with van der Waals surface area (Å²) in [5.74, 6) is -0.0971. The number of halogens is 5. The number of amides is 1. The van der Waals surface area contributed by atoms with Gasteiger partial charge in [0.15, 0.2) is 0 Å². The Hall–Kier alpha value is -0.750. The number of hydrogen-bond acceptors (Lipinski definition) is 1. The quantitative estimate of drug-likeness (QED) is 0.710. The van der Waals surface area contributed by atoms with Crippen LogP contribution in [0, 0.1) is 0 Å². The van der Waals surface area contributed by atoms with Crippen LogP contribution in [0.25, 0.3) is 0 Å². The van der Waals surface area contributed by atoms with Gasteiger partial charge in [0, 0.05) is 28.5 Å². The van der Waals surface area contributed by atoms with E-state index >= 15 is 0 Å². The standard InChI is InChI=1S/C13H12BrClF3NO/c14-11-4-3-8(6-10(11)13(16,17)18)12(20)19-5-1-2-9(19)7-15/h3-4,6,9H,1-2,5,7H2. The molecule has 1 saturated heterocycles. The maximum atomic E-state index is 12.8. The first-order valence-corrected chi connectivity index (χ1v) is 7.41. The average molecular weight is 371 g/mol. The minimum Gasteiger partial charge on any atom is -0.334 e. The van der Waals surface area contributed by atoms with Crippen molar-refractivity contribution in [3.05, 3.63) is 33.8 Å². The van der Waals surface area contributed by atoms with Crippen molar-refractivity contribution in [3.63, 3.8) is 0 Å². The van der Waals surface area contributed by atoms with Crippen LogP contribution in [0.1, 0.15) is 28.8 Å². The summed E-state index contributed by atoms with van der Waals surface area (Å²) in [6.45, 7) is 0.535. The summed E-state index contributed by atoms with van der Waals surface area (Å²) in [6.07, 6.45) is -2.88. The van der Waals surface area contributed by atoms with Gasteiger partial charge in [-0.15, -0.1) is 11.6 Å². The summed E-state index contributed by atoms with van der Waals surface area (Å²) in [6, 6.07) is 3.44. The van der Waals surface area contributed by atoms with E-state index in [0.29, 0.717) is 12.4 Å². The van der Waals surface area contributed by atoms with E-state index in [1.54, 1.807) is 4.90 Å². The Labute approximate surface area is 128 Å². The fourth-order valence-electron chi connectivity index (χ4n) is 2.30. The van der Waals surface area contributed by atoms with E-state index < -0.39 is 17.6 Å². The number of carbonyl (C=O) groups excluding carboxylic acids is 1. The van der Waals surface area contributed by atoms with Crippen molar-refractivity contribution < 1.29 is 18.0 Å². The van der Waals surface area contributed by atoms with E-state index in [1.165, 1.54) is 12.1 Å². The van der Waals surface area contributed by atoms with Crippen LogP contribution in [0.4, 0.5) is 13.2 Å². The van der Waals surface area contributed by atoms with E-state index in [9.17, 15) is 18.0 Å². The molecule has 1 aliphatic heterocycles. The van der Waals surface area contributed by atoms with Gasteiger partial charge in [-0.1, -0.05) is 15.9 Å². The first kappa shape index (κ1) is 15.6. The Morgan fingerprint density at radius 2 is 2.15 bits per heavy atom. The third kappa shape index (κ3) is 3.11. The van der Waals surface area contributed by atoms with Gasteiger partial charge in [0.1, 0.15) is 0 Å². The van der Waals surface area contributed by atoms with Crippen molar-refractivity contribution in [2.24, 2.45) is 0 Å². The molecule has 110 valence electrons. The molecule has 1 heterocycles. The average Bonchev–Trinajstić information content (AvgIpc) is 2.85. The van der Waals surface area contributed by atoms with Crippen LogP contribution in [0.5, 0.6) is 0 Å². The second-order valence-corrected chi connectivity index (χ2v) is 5.80. The fourth-order valence-corrected chi connectivity index (χ4v) is 3.10. The number of alkyl halides is 4. The molecule has 0 aliphatic carbocycles. The zero-order valence-electron chi connectivity index (χ0n) is 10.4. The molecule has 1 unspecified atom stereocenters. The largest absolute Gasteiger partial charge is 0.417 e. The summed E-state index contributed by atoms with van der Waals surface area (Å²) >= 11 is 8.64. The Morgan fingerprint density at radius 1 is 1.45 bits per heavy atom. The number of nitrogens with zero attached hydrogens (tertiary/aromatic N) is 1. The lowest BCUT2D eigenvalue weighted by molar-refractivity contribution is -0.138. The predicted molar refractivity (Wildman–Crippen MR) is 73.9 cm³/mol. The SMILES string of the molecule is O=C(c1ccc(Br)c(C(F)(F)F)c1)N1CCCC1CCl. The van der Waals surface area contributed by atoms with E-state index in [0.717, 1.165) is 18.9 Å². The van der Waals surface area contributed by atoms with Crippen LogP contribution in [-0.4, -0.2) is 29.3 Å². The number of benzene rings is 1. The van der Waals surface area contributed by atoms with Crippen molar-refractivity contribution in [2.75, 3.05) is 12.4 Å². The first-order valence-electron chi connectivity index (χ1n) is 6.08. The van der Waals surface area contributed by atoms with E-state index in [2.05, 4.69) is 15.9 Å². The highest BCUT2D eigenvalue weighted by Gasteiger charge is 2.35. The molecule has 2 rings (SSSR count). The molecule has 1 aromatic rings. The minimum absolute atomic E-state index is 0.0394. The normalized spacial score (nSPS) is 19.4. The van der Waals surface area contributed by atoms with Gasteiger partial charge in [0.05, 0.1) is 5.56 Å². The summed E-state index contributed by atoms with van der Waals surface area (Å²) in [5.41, 5.74) is -0.803. The van der Waals surface area contributed by atoms with Crippen molar-refractivity contribution in [1.82, 2.24) is 4.90 Å². The lowest BCUT2D eigenvalue weighted by atomic mass is 10.1. The van der Waals surface area contributed by atoms with Crippen molar-refractivity contribution in [2.45, 2.75) is 25.1 Å². The van der Waals surface area contributed by atoms with E-state index in [1.807, 2.05) is 0 Å². The molecule has 0 spiro atoms. The van der Waals surface area contributed by atoms with Gasteiger partial charge in [-0.25, -0.2) is 0 Å². The summed E-state index contributed by atoms with van der Waals surface area (Å²) in [4.78, 5) is 13.8. The predicted octanol–water partition coefficient (Wildman–Crippen LogP) is 4.31. The fraction of sp³-hybridized carbons (Fsp3) is 0.462. The number of likely N-dealkylation sites (tertiary alicyclic amines) is 1. The van der Waals surface area contributed by atoms with Crippen LogP contribution in [0.3, 0.4) is 0 Å². The topological polar surface area (TPSA) is 20.3 Å². The number of rotatable bonds is 2. The van der Waals surface area contributed by atoms with Crippen LogP contribution in [0.15, 0.2) is 22.7 Å². The molecule has 1 fully saturated rings. The number of carbonyl (C=O) groups is 1. The molecule has 1 aliphatic rings. The van der Waals surface area contributed by atoms with E-state index in [-0.39, 0.29) is 16.1 Å². The first-order chi connectivity index (χ1) is 9.34. The Bertz CT molecular complexity index is 521. The summed E-state index contributed by atoms with van der Waals surface area (Å²) in [5, 5.41) is 0. The molecule has 2 nitrogen and oxygen atoms in total. The van der Waals surface area contributed by atoms with Crippen LogP contribution in [-0.2, 0) is 6.18 Å². The molecule has 1 amide bonds. The van der Waals surface area contributed by atoms with Crippen LogP contribution < -0.4 is 0 Å². The minimum atomic E-state index is -4.49. The van der Waals surface area contributed by atoms with Gasteiger partial charge < -0.3 is 4.90 Å². The molecule has 0 saturated carbocycles. The van der Waals surface area contributed by atoms with Gasteiger partial charge in [-0.05, 0) is 31.0 Å². The molecule has 0 N–H and O–H groups in total.